The number of benzene rings is 2. The Hall–Kier alpha value is -2.25. The molecule has 20 heavy (non-hydrogen) atoms. The number of rotatable bonds is 3. The molecule has 2 aromatic rings. The molecular weight excluding hydrogens is 284 g/mol. The Bertz CT molecular complexity index is 672. The van der Waals surface area contributed by atoms with Crippen molar-refractivity contribution in [2.45, 2.75) is 5.92 Å². The van der Waals surface area contributed by atoms with Crippen molar-refractivity contribution in [3.05, 3.63) is 70.2 Å². The third-order valence-corrected chi connectivity index (χ3v) is 2.99. The summed E-state index contributed by atoms with van der Waals surface area (Å²) in [5.41, 5.74) is 0.246. The highest BCUT2D eigenvalue weighted by molar-refractivity contribution is 6.30. The molecule has 0 fully saturated rings. The van der Waals surface area contributed by atoms with Gasteiger partial charge in [0.15, 0.2) is 5.78 Å². The molecule has 0 aliphatic rings. The first-order chi connectivity index (χ1) is 9.51. The molecule has 0 aromatic heterocycles. The fourth-order valence-corrected chi connectivity index (χ4v) is 1.93. The number of hydrogen-bond donors (Lipinski definition) is 0. The maximum atomic E-state index is 13.1. The third-order valence-electron chi connectivity index (χ3n) is 2.74. The first-order valence-corrected chi connectivity index (χ1v) is 6.04. The Labute approximate surface area is 119 Å². The van der Waals surface area contributed by atoms with E-state index in [1.54, 1.807) is 12.1 Å². The Morgan fingerprint density at radius 3 is 2.15 bits per heavy atom. The molecule has 2 nitrogen and oxygen atoms in total. The van der Waals surface area contributed by atoms with Crippen LogP contribution in [0, 0.1) is 23.0 Å². The second-order valence-corrected chi connectivity index (χ2v) is 4.57. The molecule has 0 heterocycles. The number of hydrogen-bond acceptors (Lipinski definition) is 2. The van der Waals surface area contributed by atoms with Crippen molar-refractivity contribution in [2.24, 2.45) is 0 Å². The molecule has 0 spiro atoms. The van der Waals surface area contributed by atoms with Crippen molar-refractivity contribution in [3.8, 4) is 6.07 Å². The van der Waals surface area contributed by atoms with Crippen molar-refractivity contribution < 1.29 is 13.6 Å². The van der Waals surface area contributed by atoms with Gasteiger partial charge >= 0.3 is 0 Å². The first-order valence-electron chi connectivity index (χ1n) is 5.66. The lowest BCUT2D eigenvalue weighted by Gasteiger charge is -2.09. The number of ketones is 1. The average Bonchev–Trinajstić information content (AvgIpc) is 2.40. The normalized spacial score (nSPS) is 11.7. The zero-order valence-electron chi connectivity index (χ0n) is 10.1. The number of nitriles is 1. The SMILES string of the molecule is N#CC(C(=O)c1cc(F)cc(F)c1)c1ccc(Cl)cc1. The van der Waals surface area contributed by atoms with Gasteiger partial charge < -0.3 is 0 Å². The lowest BCUT2D eigenvalue weighted by Crippen LogP contribution is -2.12. The number of carbonyl (C=O) groups excluding carboxylic acids is 1. The largest absolute Gasteiger partial charge is 0.292 e. The predicted octanol–water partition coefficient (Wildman–Crippen LogP) is 4.11. The minimum Gasteiger partial charge on any atom is -0.292 e. The molecule has 2 rings (SSSR count). The van der Waals surface area contributed by atoms with E-state index in [1.807, 2.05) is 6.07 Å². The van der Waals surface area contributed by atoms with Crippen LogP contribution in [0.3, 0.4) is 0 Å². The fourth-order valence-electron chi connectivity index (χ4n) is 1.80. The van der Waals surface area contributed by atoms with Gasteiger partial charge in [0.05, 0.1) is 6.07 Å². The van der Waals surface area contributed by atoms with Crippen LogP contribution in [-0.4, -0.2) is 5.78 Å². The van der Waals surface area contributed by atoms with E-state index in [1.165, 1.54) is 12.1 Å². The second-order valence-electron chi connectivity index (χ2n) is 4.14. The van der Waals surface area contributed by atoms with Gasteiger partial charge in [0.25, 0.3) is 0 Å². The van der Waals surface area contributed by atoms with Crippen molar-refractivity contribution in [1.82, 2.24) is 0 Å². The molecule has 0 N–H and O–H groups in total. The molecule has 0 amide bonds. The van der Waals surface area contributed by atoms with E-state index in [0.29, 0.717) is 16.7 Å². The van der Waals surface area contributed by atoms with Gasteiger partial charge in [-0.1, -0.05) is 23.7 Å². The van der Waals surface area contributed by atoms with E-state index < -0.39 is 23.3 Å². The lowest BCUT2D eigenvalue weighted by molar-refractivity contribution is 0.0978. The zero-order chi connectivity index (χ0) is 14.7. The van der Waals surface area contributed by atoms with Gasteiger partial charge in [-0.05, 0) is 29.8 Å². The predicted molar refractivity (Wildman–Crippen MR) is 70.5 cm³/mol. The van der Waals surface area contributed by atoms with Crippen molar-refractivity contribution >= 4 is 17.4 Å². The van der Waals surface area contributed by atoms with E-state index in [-0.39, 0.29) is 5.56 Å². The molecule has 0 aliphatic heterocycles. The van der Waals surface area contributed by atoms with Gasteiger partial charge in [-0.15, -0.1) is 0 Å². The highest BCUT2D eigenvalue weighted by Crippen LogP contribution is 2.23. The average molecular weight is 292 g/mol. The quantitative estimate of drug-likeness (QED) is 0.799. The number of nitrogens with zero attached hydrogens (tertiary/aromatic N) is 1. The monoisotopic (exact) mass is 291 g/mol. The smallest absolute Gasteiger partial charge is 0.184 e. The van der Waals surface area contributed by atoms with E-state index in [2.05, 4.69) is 0 Å². The second kappa shape index (κ2) is 5.81. The number of carbonyl (C=O) groups is 1. The Balaban J connectivity index is 2.39. The standard InChI is InChI=1S/C15H8ClF2NO/c16-11-3-1-9(2-4-11)14(8-19)15(20)10-5-12(17)7-13(18)6-10/h1-7,14H. The van der Waals surface area contributed by atoms with Crippen LogP contribution in [0.1, 0.15) is 21.8 Å². The molecule has 2 aromatic carbocycles. The summed E-state index contributed by atoms with van der Waals surface area (Å²) in [6.45, 7) is 0. The summed E-state index contributed by atoms with van der Waals surface area (Å²) in [6.07, 6.45) is 0. The lowest BCUT2D eigenvalue weighted by atomic mass is 9.92. The first kappa shape index (κ1) is 14.2. The van der Waals surface area contributed by atoms with Crippen LogP contribution in [0.2, 0.25) is 5.02 Å². The number of halogens is 3. The molecular formula is C15H8ClF2NO. The summed E-state index contributed by atoms with van der Waals surface area (Å²) in [7, 11) is 0. The van der Waals surface area contributed by atoms with Crippen LogP contribution in [0.25, 0.3) is 0 Å². The minimum atomic E-state index is -1.13. The van der Waals surface area contributed by atoms with Crippen molar-refractivity contribution in [2.75, 3.05) is 0 Å². The fraction of sp³-hybridized carbons (Fsp3) is 0.0667. The Kier molecular flexibility index (Phi) is 4.11. The molecule has 0 bridgehead atoms. The summed E-state index contributed by atoms with van der Waals surface area (Å²) in [5, 5.41) is 9.60. The highest BCUT2D eigenvalue weighted by atomic mass is 35.5. The molecule has 100 valence electrons. The molecule has 5 heteroatoms. The van der Waals surface area contributed by atoms with Crippen LogP contribution < -0.4 is 0 Å². The van der Waals surface area contributed by atoms with Crippen LogP contribution in [0.15, 0.2) is 42.5 Å². The molecule has 0 saturated carbocycles. The van der Waals surface area contributed by atoms with Gasteiger partial charge in [0.2, 0.25) is 0 Å². The molecule has 0 radical (unpaired) electrons. The van der Waals surface area contributed by atoms with Crippen LogP contribution in [-0.2, 0) is 0 Å². The van der Waals surface area contributed by atoms with Gasteiger partial charge in [-0.25, -0.2) is 8.78 Å². The maximum absolute atomic E-state index is 13.1. The van der Waals surface area contributed by atoms with E-state index >= 15 is 0 Å². The van der Waals surface area contributed by atoms with Crippen molar-refractivity contribution in [3.63, 3.8) is 0 Å². The summed E-state index contributed by atoms with van der Waals surface area (Å²) in [4.78, 5) is 12.2. The summed E-state index contributed by atoms with van der Waals surface area (Å²) in [6, 6.07) is 10.5. The topological polar surface area (TPSA) is 40.9 Å². The zero-order valence-corrected chi connectivity index (χ0v) is 10.9. The summed E-state index contributed by atoms with van der Waals surface area (Å²) < 4.78 is 26.2. The van der Waals surface area contributed by atoms with Crippen LogP contribution in [0.5, 0.6) is 0 Å². The van der Waals surface area contributed by atoms with Gasteiger partial charge in [-0.2, -0.15) is 5.26 Å². The van der Waals surface area contributed by atoms with Crippen LogP contribution in [0.4, 0.5) is 8.78 Å². The van der Waals surface area contributed by atoms with E-state index in [4.69, 9.17) is 16.9 Å². The summed E-state index contributed by atoms with van der Waals surface area (Å²) in [5.74, 6) is -3.51. The van der Waals surface area contributed by atoms with Crippen molar-refractivity contribution in [1.29, 1.82) is 5.26 Å². The minimum absolute atomic E-state index is 0.177. The molecule has 1 unspecified atom stereocenters. The Morgan fingerprint density at radius 2 is 1.65 bits per heavy atom. The molecule has 0 aliphatic carbocycles. The number of Topliss-reactive ketones (excluding diaryl/α,β-unsaturated/α-hetero) is 1. The molecule has 1 atom stereocenters. The van der Waals surface area contributed by atoms with E-state index in [9.17, 15) is 13.6 Å². The van der Waals surface area contributed by atoms with E-state index in [0.717, 1.165) is 12.1 Å². The highest BCUT2D eigenvalue weighted by Gasteiger charge is 2.22. The van der Waals surface area contributed by atoms with Gasteiger partial charge in [0.1, 0.15) is 17.6 Å². The maximum Gasteiger partial charge on any atom is 0.184 e. The summed E-state index contributed by atoms with van der Waals surface area (Å²) >= 11 is 5.73. The van der Waals surface area contributed by atoms with Gasteiger partial charge in [0, 0.05) is 16.7 Å². The van der Waals surface area contributed by atoms with Gasteiger partial charge in [-0.3, -0.25) is 4.79 Å². The third kappa shape index (κ3) is 3.01. The molecule has 0 saturated heterocycles. The van der Waals surface area contributed by atoms with Crippen LogP contribution >= 0.6 is 11.6 Å². The Morgan fingerprint density at radius 1 is 1.10 bits per heavy atom.